The lowest BCUT2D eigenvalue weighted by molar-refractivity contribution is -0.127. The van der Waals surface area contributed by atoms with Gasteiger partial charge in [-0.15, -0.1) is 11.3 Å². The van der Waals surface area contributed by atoms with E-state index in [1.165, 1.54) is 11.3 Å². The van der Waals surface area contributed by atoms with Gasteiger partial charge in [-0.05, 0) is 52.2 Å². The molecular weight excluding hydrogens is 550 g/mol. The van der Waals surface area contributed by atoms with Gasteiger partial charge in [-0.1, -0.05) is 41.4 Å². The van der Waals surface area contributed by atoms with Crippen LogP contribution in [-0.2, 0) is 15.1 Å². The molecule has 0 saturated carbocycles. The van der Waals surface area contributed by atoms with E-state index in [0.29, 0.717) is 35.4 Å². The van der Waals surface area contributed by atoms with Crippen LogP contribution in [0.2, 0.25) is 5.02 Å². The Hall–Kier alpha value is -3.05. The molecule has 1 saturated heterocycles. The average Bonchev–Trinajstić information content (AvgIpc) is 3.46. The molecule has 2 amide bonds. The molecule has 11 heteroatoms. The Labute approximate surface area is 242 Å². The number of benzene rings is 1. The second-order valence-corrected chi connectivity index (χ2v) is 12.3. The van der Waals surface area contributed by atoms with Crippen molar-refractivity contribution in [3.63, 3.8) is 0 Å². The summed E-state index contributed by atoms with van der Waals surface area (Å²) in [5.74, 6) is -0.0727. The Morgan fingerprint density at radius 3 is 2.73 bits per heavy atom. The first-order chi connectivity index (χ1) is 19.1. The van der Waals surface area contributed by atoms with Gasteiger partial charge in [0.15, 0.2) is 0 Å². The number of ether oxygens (including phenoxy) is 1. The molecule has 40 heavy (non-hydrogen) atoms. The van der Waals surface area contributed by atoms with Gasteiger partial charge in [0.1, 0.15) is 11.7 Å². The highest BCUT2D eigenvalue weighted by atomic mass is 35.5. The van der Waals surface area contributed by atoms with Gasteiger partial charge >= 0.3 is 0 Å². The SMILES string of the molecule is Cc1cccc([C@@H](CO)NC(=O)C(C)N2C(=O)c3cc(-c4nc(NC5CCOCC5)ncc4Cl)sc3C2(C)C)c1. The number of amides is 2. The highest BCUT2D eigenvalue weighted by molar-refractivity contribution is 7.16. The normalized spacial score (nSPS) is 18.4. The van der Waals surface area contributed by atoms with Gasteiger partial charge in [-0.25, -0.2) is 9.97 Å². The fourth-order valence-corrected chi connectivity index (χ4v) is 6.94. The quantitative estimate of drug-likeness (QED) is 0.352. The molecule has 1 aromatic carbocycles. The van der Waals surface area contributed by atoms with Gasteiger partial charge < -0.3 is 25.4 Å². The van der Waals surface area contributed by atoms with Crippen LogP contribution in [-0.4, -0.2) is 63.7 Å². The lowest BCUT2D eigenvalue weighted by Gasteiger charge is -2.37. The minimum atomic E-state index is -0.762. The van der Waals surface area contributed by atoms with Crippen molar-refractivity contribution in [2.45, 2.75) is 64.2 Å². The van der Waals surface area contributed by atoms with Gasteiger partial charge in [0, 0.05) is 24.1 Å². The molecule has 5 rings (SSSR count). The largest absolute Gasteiger partial charge is 0.394 e. The number of aromatic nitrogens is 2. The van der Waals surface area contributed by atoms with Crippen LogP contribution in [0.3, 0.4) is 0 Å². The van der Waals surface area contributed by atoms with Gasteiger partial charge in [0.2, 0.25) is 11.9 Å². The number of hydrogen-bond acceptors (Lipinski definition) is 8. The van der Waals surface area contributed by atoms with Gasteiger partial charge in [-0.2, -0.15) is 0 Å². The summed E-state index contributed by atoms with van der Waals surface area (Å²) in [6.07, 6.45) is 3.33. The number of nitrogens with zero attached hydrogens (tertiary/aromatic N) is 3. The zero-order valence-corrected chi connectivity index (χ0v) is 24.6. The van der Waals surface area contributed by atoms with Crippen LogP contribution in [0.1, 0.15) is 66.0 Å². The number of hydrogen-bond donors (Lipinski definition) is 3. The number of aryl methyl sites for hydroxylation is 1. The van der Waals surface area contributed by atoms with E-state index in [-0.39, 0.29) is 24.5 Å². The first-order valence-corrected chi connectivity index (χ1v) is 14.6. The first-order valence-electron chi connectivity index (χ1n) is 13.4. The maximum absolute atomic E-state index is 13.7. The topological polar surface area (TPSA) is 117 Å². The highest BCUT2D eigenvalue weighted by Crippen LogP contribution is 2.47. The lowest BCUT2D eigenvalue weighted by Crippen LogP contribution is -2.52. The van der Waals surface area contributed by atoms with Crippen LogP contribution in [0.4, 0.5) is 5.95 Å². The number of anilines is 1. The predicted molar refractivity (Wildman–Crippen MR) is 156 cm³/mol. The number of nitrogens with one attached hydrogen (secondary N) is 2. The summed E-state index contributed by atoms with van der Waals surface area (Å²) in [5.41, 5.74) is 2.20. The fourth-order valence-electron chi connectivity index (χ4n) is 5.44. The smallest absolute Gasteiger partial charge is 0.256 e. The van der Waals surface area contributed by atoms with Crippen molar-refractivity contribution < 1.29 is 19.4 Å². The zero-order chi connectivity index (χ0) is 28.6. The number of rotatable bonds is 8. The number of carbonyl (C=O) groups is 2. The summed E-state index contributed by atoms with van der Waals surface area (Å²) in [5, 5.41) is 16.7. The van der Waals surface area contributed by atoms with E-state index in [9.17, 15) is 14.7 Å². The molecule has 1 fully saturated rings. The van der Waals surface area contributed by atoms with Crippen molar-refractivity contribution in [1.29, 1.82) is 0 Å². The number of carbonyl (C=O) groups excluding carboxylic acids is 2. The molecule has 4 heterocycles. The zero-order valence-electron chi connectivity index (χ0n) is 23.0. The summed E-state index contributed by atoms with van der Waals surface area (Å²) in [7, 11) is 0. The van der Waals surface area contributed by atoms with Crippen LogP contribution < -0.4 is 10.6 Å². The van der Waals surface area contributed by atoms with Crippen molar-refractivity contribution in [3.05, 3.63) is 63.1 Å². The van der Waals surface area contributed by atoms with E-state index in [0.717, 1.165) is 33.7 Å². The number of aliphatic hydroxyl groups excluding tert-OH is 1. The van der Waals surface area contributed by atoms with Gasteiger partial charge in [0.25, 0.3) is 5.91 Å². The molecule has 2 aliphatic rings. The van der Waals surface area contributed by atoms with Crippen molar-refractivity contribution in [2.75, 3.05) is 25.1 Å². The molecule has 9 nitrogen and oxygen atoms in total. The molecule has 0 aliphatic carbocycles. The molecule has 3 aromatic rings. The Balaban J connectivity index is 1.36. The minimum absolute atomic E-state index is 0.230. The summed E-state index contributed by atoms with van der Waals surface area (Å²) >= 11 is 7.96. The molecular formula is C29H34ClN5O4S. The monoisotopic (exact) mass is 583 g/mol. The Morgan fingerprint density at radius 2 is 2.05 bits per heavy atom. The van der Waals surface area contributed by atoms with E-state index < -0.39 is 17.6 Å². The Kier molecular flexibility index (Phi) is 8.15. The second kappa shape index (κ2) is 11.4. The van der Waals surface area contributed by atoms with E-state index in [1.807, 2.05) is 51.1 Å². The Bertz CT molecular complexity index is 1420. The predicted octanol–water partition coefficient (Wildman–Crippen LogP) is 4.69. The van der Waals surface area contributed by atoms with E-state index in [2.05, 4.69) is 20.6 Å². The molecule has 2 aromatic heterocycles. The molecule has 0 bridgehead atoms. The molecule has 212 valence electrons. The van der Waals surface area contributed by atoms with E-state index in [4.69, 9.17) is 16.3 Å². The van der Waals surface area contributed by atoms with Crippen LogP contribution >= 0.6 is 22.9 Å². The number of thiophene rings is 1. The molecule has 1 unspecified atom stereocenters. The molecule has 3 N–H and O–H groups in total. The van der Waals surface area contributed by atoms with Gasteiger partial charge in [-0.3, -0.25) is 9.59 Å². The molecule has 2 atom stereocenters. The molecule has 0 spiro atoms. The third kappa shape index (κ3) is 5.45. The standard InChI is InChI=1S/C29H34ClN5O4S/c1-16-6-5-7-18(12-16)22(15-36)33-26(37)17(2)35-27(38)20-13-23(40-25(20)29(35,3)4)24-21(30)14-31-28(34-24)32-19-8-10-39-11-9-19/h5-7,12-14,17,19,22,36H,8-11,15H2,1-4H3,(H,33,37)(H,31,32,34)/t17?,22-/m1/s1. The maximum atomic E-state index is 13.7. The van der Waals surface area contributed by atoms with Crippen molar-refractivity contribution in [3.8, 4) is 10.6 Å². The Morgan fingerprint density at radius 1 is 1.30 bits per heavy atom. The van der Waals surface area contributed by atoms with Gasteiger partial charge in [0.05, 0.1) is 39.8 Å². The second-order valence-electron chi connectivity index (χ2n) is 10.8. The number of fused-ring (bicyclic) bond motifs is 1. The molecule has 2 aliphatic heterocycles. The third-order valence-electron chi connectivity index (χ3n) is 7.58. The van der Waals surface area contributed by atoms with Crippen molar-refractivity contribution in [2.24, 2.45) is 0 Å². The first kappa shape index (κ1) is 28.5. The summed E-state index contributed by atoms with van der Waals surface area (Å²) in [6, 6.07) is 8.35. The maximum Gasteiger partial charge on any atom is 0.256 e. The van der Waals surface area contributed by atoms with Crippen LogP contribution in [0.15, 0.2) is 36.5 Å². The summed E-state index contributed by atoms with van der Waals surface area (Å²) < 4.78 is 5.43. The minimum Gasteiger partial charge on any atom is -0.394 e. The fraction of sp³-hybridized carbons (Fsp3) is 0.448. The van der Waals surface area contributed by atoms with Crippen LogP contribution in [0, 0.1) is 6.92 Å². The third-order valence-corrected chi connectivity index (χ3v) is 9.31. The highest BCUT2D eigenvalue weighted by Gasteiger charge is 2.49. The number of aliphatic hydroxyl groups is 1. The summed E-state index contributed by atoms with van der Waals surface area (Å²) in [6.45, 7) is 8.69. The van der Waals surface area contributed by atoms with Crippen LogP contribution in [0.25, 0.3) is 10.6 Å². The lowest BCUT2D eigenvalue weighted by atomic mass is 10.0. The number of halogens is 1. The average molecular weight is 584 g/mol. The van der Waals surface area contributed by atoms with E-state index >= 15 is 0 Å². The van der Waals surface area contributed by atoms with Crippen molar-refractivity contribution >= 4 is 40.7 Å². The van der Waals surface area contributed by atoms with Crippen LogP contribution in [0.5, 0.6) is 0 Å². The van der Waals surface area contributed by atoms with E-state index in [1.54, 1.807) is 18.0 Å². The summed E-state index contributed by atoms with van der Waals surface area (Å²) in [4.78, 5) is 39.3. The molecule has 0 radical (unpaired) electrons. The van der Waals surface area contributed by atoms with Crippen molar-refractivity contribution in [1.82, 2.24) is 20.2 Å².